The van der Waals surface area contributed by atoms with Crippen molar-refractivity contribution in [3.05, 3.63) is 58.6 Å². The minimum atomic E-state index is -0.208. The SMILES string of the molecule is CN1CCN(CC(=O)N2N=C(c3ccccc3Cl)CC2c2ccc3c(c2)OCO3)CC1. The number of fused-ring (bicyclic) bond motifs is 1. The Morgan fingerprint density at radius 2 is 1.87 bits per heavy atom. The molecular formula is C23H25ClN4O3. The summed E-state index contributed by atoms with van der Waals surface area (Å²) in [4.78, 5) is 17.8. The van der Waals surface area contributed by atoms with Crippen molar-refractivity contribution < 1.29 is 14.3 Å². The van der Waals surface area contributed by atoms with Gasteiger partial charge < -0.3 is 14.4 Å². The Hall–Kier alpha value is -2.61. The van der Waals surface area contributed by atoms with Crippen LogP contribution in [0.25, 0.3) is 0 Å². The third kappa shape index (κ3) is 4.13. The van der Waals surface area contributed by atoms with Gasteiger partial charge in [-0.2, -0.15) is 5.10 Å². The van der Waals surface area contributed by atoms with E-state index in [9.17, 15) is 4.79 Å². The zero-order valence-corrected chi connectivity index (χ0v) is 18.2. The van der Waals surface area contributed by atoms with Crippen LogP contribution in [-0.2, 0) is 4.79 Å². The molecule has 162 valence electrons. The van der Waals surface area contributed by atoms with E-state index in [2.05, 4.69) is 16.8 Å². The van der Waals surface area contributed by atoms with E-state index in [1.165, 1.54) is 0 Å². The minimum Gasteiger partial charge on any atom is -0.454 e. The van der Waals surface area contributed by atoms with Crippen LogP contribution in [0.4, 0.5) is 0 Å². The molecular weight excluding hydrogens is 416 g/mol. The highest BCUT2D eigenvalue weighted by molar-refractivity contribution is 6.34. The Labute approximate surface area is 186 Å². The Kier molecular flexibility index (Phi) is 5.56. The molecule has 0 N–H and O–H groups in total. The number of nitrogens with zero attached hydrogens (tertiary/aromatic N) is 4. The van der Waals surface area contributed by atoms with Gasteiger partial charge in [0.1, 0.15) is 0 Å². The first-order valence-electron chi connectivity index (χ1n) is 10.5. The fourth-order valence-corrected chi connectivity index (χ4v) is 4.49. The summed E-state index contributed by atoms with van der Waals surface area (Å²) in [5, 5.41) is 7.03. The summed E-state index contributed by atoms with van der Waals surface area (Å²) in [5.41, 5.74) is 2.66. The quantitative estimate of drug-likeness (QED) is 0.731. The second kappa shape index (κ2) is 8.49. The molecule has 1 fully saturated rings. The molecule has 2 aromatic carbocycles. The van der Waals surface area contributed by atoms with Crippen LogP contribution >= 0.6 is 11.6 Å². The summed E-state index contributed by atoms with van der Waals surface area (Å²) >= 11 is 6.44. The number of hydrogen-bond donors (Lipinski definition) is 0. The van der Waals surface area contributed by atoms with Crippen molar-refractivity contribution in [2.45, 2.75) is 12.5 Å². The smallest absolute Gasteiger partial charge is 0.257 e. The van der Waals surface area contributed by atoms with Crippen molar-refractivity contribution >= 4 is 23.2 Å². The van der Waals surface area contributed by atoms with Gasteiger partial charge in [0.2, 0.25) is 6.79 Å². The molecule has 3 aliphatic heterocycles. The number of carbonyl (C=O) groups excluding carboxylic acids is 1. The number of benzene rings is 2. The average molecular weight is 441 g/mol. The summed E-state index contributed by atoms with van der Waals surface area (Å²) < 4.78 is 11.0. The molecule has 1 unspecified atom stereocenters. The van der Waals surface area contributed by atoms with E-state index >= 15 is 0 Å². The molecule has 3 heterocycles. The first-order chi connectivity index (χ1) is 15.1. The van der Waals surface area contributed by atoms with Crippen molar-refractivity contribution in [2.24, 2.45) is 5.10 Å². The molecule has 0 aliphatic carbocycles. The van der Waals surface area contributed by atoms with Crippen molar-refractivity contribution in [3.8, 4) is 11.5 Å². The van der Waals surface area contributed by atoms with Gasteiger partial charge in [-0.05, 0) is 30.8 Å². The number of hydrazone groups is 1. The van der Waals surface area contributed by atoms with Crippen LogP contribution in [0.5, 0.6) is 11.5 Å². The number of rotatable bonds is 4. The number of carbonyl (C=O) groups is 1. The van der Waals surface area contributed by atoms with Crippen LogP contribution in [0.3, 0.4) is 0 Å². The number of likely N-dealkylation sites (N-methyl/N-ethyl adjacent to an activating group) is 1. The first kappa shape index (κ1) is 20.3. The van der Waals surface area contributed by atoms with Gasteiger partial charge in [-0.15, -0.1) is 0 Å². The lowest BCUT2D eigenvalue weighted by atomic mass is 9.98. The van der Waals surface area contributed by atoms with Gasteiger partial charge in [0.05, 0.1) is 18.3 Å². The number of ether oxygens (including phenoxy) is 2. The van der Waals surface area contributed by atoms with Gasteiger partial charge in [-0.1, -0.05) is 35.9 Å². The highest BCUT2D eigenvalue weighted by Gasteiger charge is 2.35. The van der Waals surface area contributed by atoms with Gasteiger partial charge in [-0.3, -0.25) is 9.69 Å². The molecule has 1 amide bonds. The molecule has 0 spiro atoms. The van der Waals surface area contributed by atoms with Crippen LogP contribution in [0, 0.1) is 0 Å². The predicted molar refractivity (Wildman–Crippen MR) is 119 cm³/mol. The lowest BCUT2D eigenvalue weighted by Crippen LogP contribution is -2.48. The maximum atomic E-state index is 13.3. The van der Waals surface area contributed by atoms with Gasteiger partial charge in [0, 0.05) is 43.2 Å². The van der Waals surface area contributed by atoms with E-state index in [4.69, 9.17) is 26.2 Å². The molecule has 1 saturated heterocycles. The number of piperazine rings is 1. The zero-order valence-electron chi connectivity index (χ0n) is 17.5. The molecule has 0 aromatic heterocycles. The van der Waals surface area contributed by atoms with Crippen molar-refractivity contribution in [1.82, 2.24) is 14.8 Å². The van der Waals surface area contributed by atoms with Crippen molar-refractivity contribution in [1.29, 1.82) is 0 Å². The Bertz CT molecular complexity index is 1020. The Morgan fingerprint density at radius 1 is 1.10 bits per heavy atom. The van der Waals surface area contributed by atoms with E-state index < -0.39 is 0 Å². The highest BCUT2D eigenvalue weighted by Crippen LogP contribution is 2.39. The minimum absolute atomic E-state index is 0.00530. The van der Waals surface area contributed by atoms with Gasteiger partial charge in [0.25, 0.3) is 5.91 Å². The van der Waals surface area contributed by atoms with E-state index in [0.717, 1.165) is 48.8 Å². The molecule has 2 aromatic rings. The van der Waals surface area contributed by atoms with Crippen LogP contribution < -0.4 is 9.47 Å². The predicted octanol–water partition coefficient (Wildman–Crippen LogP) is 2.99. The standard InChI is InChI=1S/C23H25ClN4O3/c1-26-8-10-27(11-9-26)14-23(29)28-20(16-6-7-21-22(12-16)31-15-30-21)13-19(25-28)17-4-2-3-5-18(17)24/h2-7,12,20H,8-11,13-15H2,1H3. The third-order valence-corrected chi connectivity index (χ3v) is 6.42. The molecule has 7 nitrogen and oxygen atoms in total. The highest BCUT2D eigenvalue weighted by atomic mass is 35.5. The van der Waals surface area contributed by atoms with Crippen LogP contribution in [0.15, 0.2) is 47.6 Å². The van der Waals surface area contributed by atoms with E-state index in [-0.39, 0.29) is 18.7 Å². The lowest BCUT2D eigenvalue weighted by molar-refractivity contribution is -0.134. The molecule has 0 bridgehead atoms. The van der Waals surface area contributed by atoms with Gasteiger partial charge in [0.15, 0.2) is 11.5 Å². The van der Waals surface area contributed by atoms with E-state index in [1.54, 1.807) is 5.01 Å². The first-order valence-corrected chi connectivity index (χ1v) is 10.9. The van der Waals surface area contributed by atoms with Crippen molar-refractivity contribution in [2.75, 3.05) is 46.6 Å². The number of hydrogen-bond acceptors (Lipinski definition) is 6. The Morgan fingerprint density at radius 3 is 2.68 bits per heavy atom. The molecule has 0 radical (unpaired) electrons. The fourth-order valence-electron chi connectivity index (χ4n) is 4.25. The largest absolute Gasteiger partial charge is 0.454 e. The maximum absolute atomic E-state index is 13.3. The molecule has 3 aliphatic rings. The Balaban J connectivity index is 1.43. The average Bonchev–Trinajstić information content (AvgIpc) is 3.42. The normalized spacial score (nSPS) is 21.4. The van der Waals surface area contributed by atoms with Crippen LogP contribution in [-0.4, -0.2) is 73.0 Å². The number of halogens is 1. The summed E-state index contributed by atoms with van der Waals surface area (Å²) in [6, 6.07) is 13.3. The second-order valence-corrected chi connectivity index (χ2v) is 8.58. The van der Waals surface area contributed by atoms with E-state index in [0.29, 0.717) is 23.7 Å². The summed E-state index contributed by atoms with van der Waals surface area (Å²) in [5.74, 6) is 1.42. The van der Waals surface area contributed by atoms with Crippen molar-refractivity contribution in [3.63, 3.8) is 0 Å². The van der Waals surface area contributed by atoms with Crippen LogP contribution in [0.1, 0.15) is 23.6 Å². The van der Waals surface area contributed by atoms with Crippen LogP contribution in [0.2, 0.25) is 5.02 Å². The van der Waals surface area contributed by atoms with Gasteiger partial charge in [-0.25, -0.2) is 5.01 Å². The molecule has 0 saturated carbocycles. The monoisotopic (exact) mass is 440 g/mol. The summed E-state index contributed by atoms with van der Waals surface area (Å²) in [7, 11) is 2.11. The molecule has 1 atom stereocenters. The summed E-state index contributed by atoms with van der Waals surface area (Å²) in [6.45, 7) is 4.27. The van der Waals surface area contributed by atoms with Gasteiger partial charge >= 0.3 is 0 Å². The van der Waals surface area contributed by atoms with E-state index in [1.807, 2.05) is 42.5 Å². The fraction of sp³-hybridized carbons (Fsp3) is 0.391. The number of amides is 1. The molecule has 31 heavy (non-hydrogen) atoms. The molecule has 8 heteroatoms. The maximum Gasteiger partial charge on any atom is 0.257 e. The molecule has 5 rings (SSSR count). The third-order valence-electron chi connectivity index (χ3n) is 6.09. The lowest BCUT2D eigenvalue weighted by Gasteiger charge is -2.33. The topological polar surface area (TPSA) is 57.6 Å². The zero-order chi connectivity index (χ0) is 21.4. The second-order valence-electron chi connectivity index (χ2n) is 8.18. The summed E-state index contributed by atoms with van der Waals surface area (Å²) in [6.07, 6.45) is 0.595.